The predicted octanol–water partition coefficient (Wildman–Crippen LogP) is 12.3. The van der Waals surface area contributed by atoms with E-state index in [-0.39, 0.29) is 21.1 Å². The van der Waals surface area contributed by atoms with Crippen LogP contribution in [-0.4, -0.2) is 23.8 Å². The fourth-order valence-corrected chi connectivity index (χ4v) is 8.58. The molecule has 0 N–H and O–H groups in total. The number of imidazole rings is 2. The molecule has 5 aromatic heterocycles. The average Bonchev–Trinajstić information content (AvgIpc) is 3.85. The molecule has 11 aromatic rings. The first-order chi connectivity index (χ1) is 27.5. The van der Waals surface area contributed by atoms with E-state index in [9.17, 15) is 0 Å². The zero-order chi connectivity index (χ0) is 37.5. The molecule has 0 bridgehead atoms. The Labute approximate surface area is 343 Å². The minimum Gasteiger partial charge on any atom is -0.497 e. The number of ether oxygens (including phenoxy) is 1. The van der Waals surface area contributed by atoms with Gasteiger partial charge in [0.25, 0.3) is 0 Å². The van der Waals surface area contributed by atoms with Crippen molar-refractivity contribution in [1.29, 1.82) is 0 Å². The van der Waals surface area contributed by atoms with Crippen LogP contribution in [0.4, 0.5) is 0 Å². The Morgan fingerprint density at radius 2 is 1.21 bits per heavy atom. The zero-order valence-electron chi connectivity index (χ0n) is 31.3. The first-order valence-electron chi connectivity index (χ1n) is 18.8. The molecule has 0 spiro atoms. The topological polar surface area (TPSA) is 56.7 Å². The molecule has 0 unspecified atom stereocenters. The maximum Gasteiger partial charge on any atom is 2.00 e. The molecule has 0 aliphatic carbocycles. The Kier molecular flexibility index (Phi) is 8.28. The summed E-state index contributed by atoms with van der Waals surface area (Å²) < 4.78 is 11.1. The molecule has 0 amide bonds. The zero-order valence-corrected chi connectivity index (χ0v) is 33.6. The van der Waals surface area contributed by atoms with Gasteiger partial charge in [-0.1, -0.05) is 142 Å². The minimum absolute atomic E-state index is 0. The van der Waals surface area contributed by atoms with Crippen molar-refractivity contribution in [2.75, 3.05) is 0 Å². The van der Waals surface area contributed by atoms with Crippen LogP contribution in [-0.2, 0) is 21.1 Å². The number of benzene rings is 6. The fourth-order valence-electron chi connectivity index (χ4n) is 8.58. The first-order valence-corrected chi connectivity index (χ1v) is 18.8. The molecule has 0 aliphatic heterocycles. The maximum absolute atomic E-state index is 6.66. The van der Waals surface area contributed by atoms with Gasteiger partial charge >= 0.3 is 21.1 Å². The molecule has 0 fully saturated rings. The Bertz CT molecular complexity index is 3350. The van der Waals surface area contributed by atoms with Gasteiger partial charge in [-0.25, -0.2) is 0 Å². The van der Waals surface area contributed by atoms with Crippen molar-refractivity contribution in [3.05, 3.63) is 175 Å². The van der Waals surface area contributed by atoms with E-state index >= 15 is 0 Å². The Hall–Kier alpha value is -6.62. The summed E-state index contributed by atoms with van der Waals surface area (Å²) >= 11 is 0. The number of hydrogen-bond donors (Lipinski definition) is 0. The largest absolute Gasteiger partial charge is 2.00 e. The van der Waals surface area contributed by atoms with E-state index < -0.39 is 0 Å². The van der Waals surface area contributed by atoms with E-state index in [0.717, 1.165) is 88.5 Å². The SMILES string of the molecule is Cc1cc(C)c(-c2cn3c4ccccc4c4ccc(Oc5[c-]c6c(cc5)c5ncccc5n5c(-c7ccccc7)c(-c7ccccc7)nc65)[c-]c4c3n2)c(C)c1.[Pt+2]. The Balaban J connectivity index is 0.00000396. The number of nitrogens with zero attached hydrogens (tertiary/aromatic N) is 5. The predicted molar refractivity (Wildman–Crippen MR) is 226 cm³/mol. The Morgan fingerprint density at radius 1 is 0.579 bits per heavy atom. The van der Waals surface area contributed by atoms with Gasteiger partial charge in [-0.15, -0.1) is 12.1 Å². The van der Waals surface area contributed by atoms with Crippen molar-refractivity contribution in [3.63, 3.8) is 0 Å². The first kappa shape index (κ1) is 34.8. The van der Waals surface area contributed by atoms with Crippen molar-refractivity contribution in [2.45, 2.75) is 20.8 Å². The van der Waals surface area contributed by atoms with Crippen LogP contribution in [0, 0.1) is 32.9 Å². The van der Waals surface area contributed by atoms with Crippen LogP contribution in [0.3, 0.4) is 0 Å². The van der Waals surface area contributed by atoms with E-state index in [0.29, 0.717) is 11.5 Å². The number of hydrogen-bond acceptors (Lipinski definition) is 4. The summed E-state index contributed by atoms with van der Waals surface area (Å²) in [5, 5.41) is 4.86. The van der Waals surface area contributed by atoms with Crippen LogP contribution in [0.1, 0.15) is 16.7 Å². The third kappa shape index (κ3) is 5.55. The molecule has 0 atom stereocenters. The van der Waals surface area contributed by atoms with Gasteiger partial charge in [-0.2, -0.15) is 0 Å². The summed E-state index contributed by atoms with van der Waals surface area (Å²) in [6.45, 7) is 6.46. The summed E-state index contributed by atoms with van der Waals surface area (Å²) in [5.74, 6) is 1.13. The van der Waals surface area contributed by atoms with Crippen molar-refractivity contribution in [2.24, 2.45) is 0 Å². The number of aromatic nitrogens is 5. The van der Waals surface area contributed by atoms with E-state index in [1.165, 1.54) is 16.7 Å². The van der Waals surface area contributed by atoms with Crippen molar-refractivity contribution < 1.29 is 25.8 Å². The van der Waals surface area contributed by atoms with Crippen LogP contribution in [0.25, 0.3) is 88.5 Å². The van der Waals surface area contributed by atoms with Gasteiger partial charge in [0.1, 0.15) is 0 Å². The van der Waals surface area contributed by atoms with Crippen LogP contribution >= 0.6 is 0 Å². The smallest absolute Gasteiger partial charge is 0.497 e. The van der Waals surface area contributed by atoms with Gasteiger partial charge in [0.2, 0.25) is 0 Å². The standard InChI is InChI=1S/C50H33N5O.Pt/c1-30-25-31(2)45(32(3)26-30)42-29-54-43-18-11-10-17-38(43)37-22-20-35(27-40(37)49(54)52-42)56-36-21-23-39-41(28-36)50-53-46(33-13-6-4-7-14-33)48(34-15-8-5-9-16-34)55(50)44-19-12-24-51-47(39)44;/h4-26,29H,1-3H3;/q-2;+2. The van der Waals surface area contributed by atoms with Crippen molar-refractivity contribution in [1.82, 2.24) is 23.8 Å². The van der Waals surface area contributed by atoms with Crippen LogP contribution in [0.2, 0.25) is 0 Å². The van der Waals surface area contributed by atoms with Crippen molar-refractivity contribution in [3.8, 4) is 45.3 Å². The van der Waals surface area contributed by atoms with Gasteiger partial charge in [0.15, 0.2) is 0 Å². The average molecular weight is 915 g/mol. The number of rotatable bonds is 5. The quantitative estimate of drug-likeness (QED) is 0.127. The second-order valence-electron chi connectivity index (χ2n) is 14.5. The molecule has 5 heterocycles. The molecule has 0 radical (unpaired) electrons. The van der Waals surface area contributed by atoms with Gasteiger partial charge in [0.05, 0.1) is 39.4 Å². The van der Waals surface area contributed by atoms with Crippen LogP contribution in [0.5, 0.6) is 11.5 Å². The summed E-state index contributed by atoms with van der Waals surface area (Å²) in [6, 6.07) is 53.1. The molecule has 274 valence electrons. The van der Waals surface area contributed by atoms with Crippen molar-refractivity contribution >= 4 is 54.8 Å². The molecular weight excluding hydrogens is 882 g/mol. The van der Waals surface area contributed by atoms with Gasteiger partial charge in [0, 0.05) is 40.5 Å². The second-order valence-corrected chi connectivity index (χ2v) is 14.5. The third-order valence-electron chi connectivity index (χ3n) is 10.9. The Morgan fingerprint density at radius 3 is 1.95 bits per heavy atom. The van der Waals surface area contributed by atoms with Gasteiger partial charge in [-0.3, -0.25) is 15.0 Å². The summed E-state index contributed by atoms with van der Waals surface area (Å²) in [6.07, 6.45) is 3.99. The molecule has 6 aromatic carbocycles. The molecule has 11 rings (SSSR count). The molecule has 0 saturated heterocycles. The van der Waals surface area contributed by atoms with Crippen LogP contribution < -0.4 is 4.74 Å². The molecule has 7 heteroatoms. The fraction of sp³-hybridized carbons (Fsp3) is 0.0600. The summed E-state index contributed by atoms with van der Waals surface area (Å²) in [7, 11) is 0. The second kappa shape index (κ2) is 13.5. The maximum atomic E-state index is 6.66. The number of aryl methyl sites for hydroxylation is 3. The normalized spacial score (nSPS) is 11.6. The number of para-hydroxylation sites is 1. The van der Waals surface area contributed by atoms with Gasteiger partial charge < -0.3 is 13.5 Å². The third-order valence-corrected chi connectivity index (χ3v) is 10.9. The molecule has 57 heavy (non-hydrogen) atoms. The molecular formula is C50H33N5OPt. The van der Waals surface area contributed by atoms with Crippen LogP contribution in [0.15, 0.2) is 146 Å². The minimum atomic E-state index is 0. The molecule has 0 aliphatic rings. The molecule has 6 nitrogen and oxygen atoms in total. The van der Waals surface area contributed by atoms with E-state index in [4.69, 9.17) is 19.7 Å². The van der Waals surface area contributed by atoms with E-state index in [1.54, 1.807) is 0 Å². The summed E-state index contributed by atoms with van der Waals surface area (Å²) in [4.78, 5) is 15.5. The monoisotopic (exact) mass is 914 g/mol. The number of fused-ring (bicyclic) bond motifs is 12. The number of pyridine rings is 3. The van der Waals surface area contributed by atoms with E-state index in [2.05, 4.69) is 151 Å². The molecule has 0 saturated carbocycles. The van der Waals surface area contributed by atoms with Gasteiger partial charge in [-0.05, 0) is 61.0 Å². The summed E-state index contributed by atoms with van der Waals surface area (Å²) in [5.41, 5.74) is 14.3. The van der Waals surface area contributed by atoms with E-state index in [1.807, 2.05) is 36.5 Å².